The molecule has 5 saturated heterocycles. The summed E-state index contributed by atoms with van der Waals surface area (Å²) in [4.78, 5) is 95.3. The van der Waals surface area contributed by atoms with E-state index in [2.05, 4.69) is 4.98 Å². The molecule has 1 aromatic heterocycles. The quantitative estimate of drug-likeness (QED) is 0.385. The van der Waals surface area contributed by atoms with Gasteiger partial charge in [-0.3, -0.25) is 19.2 Å². The lowest BCUT2D eigenvalue weighted by atomic mass is 10.1. The molecule has 6 rings (SSSR count). The maximum Gasteiger partial charge on any atom is 0.354 e. The van der Waals surface area contributed by atoms with Gasteiger partial charge in [0.15, 0.2) is 11.4 Å². The fourth-order valence-corrected chi connectivity index (χ4v) is 7.97. The van der Waals surface area contributed by atoms with Gasteiger partial charge in [-0.1, -0.05) is 6.92 Å². The number of hydrogen-bond donors (Lipinski definition) is 1. The van der Waals surface area contributed by atoms with Crippen LogP contribution in [0.2, 0.25) is 0 Å². The Labute approximate surface area is 273 Å². The molecule has 0 unspecified atom stereocenters. The van der Waals surface area contributed by atoms with E-state index >= 15 is 0 Å². The van der Waals surface area contributed by atoms with Crippen LogP contribution >= 0.6 is 0 Å². The number of rotatable bonds is 9. The smallest absolute Gasteiger partial charge is 0.354 e. The summed E-state index contributed by atoms with van der Waals surface area (Å²) >= 11 is 0. The zero-order chi connectivity index (χ0) is 33.2. The van der Waals surface area contributed by atoms with E-state index in [1.165, 1.54) is 6.07 Å². The second kappa shape index (κ2) is 14.0. The number of aromatic carboxylic acids is 1. The molecule has 5 aliphatic rings. The van der Waals surface area contributed by atoms with Crippen molar-refractivity contribution in [2.45, 2.75) is 108 Å². The first-order valence-electron chi connectivity index (χ1n) is 17.1. The van der Waals surface area contributed by atoms with Gasteiger partial charge in [-0.25, -0.2) is 9.78 Å². The van der Waals surface area contributed by atoms with Gasteiger partial charge in [0.2, 0.25) is 23.6 Å². The van der Waals surface area contributed by atoms with E-state index in [0.717, 1.165) is 12.7 Å². The number of amides is 4. The minimum absolute atomic E-state index is 0.132. The lowest BCUT2D eigenvalue weighted by Crippen LogP contribution is -2.57. The third kappa shape index (κ3) is 6.43. The van der Waals surface area contributed by atoms with Gasteiger partial charge in [0.25, 0.3) is 0 Å². The third-order valence-corrected chi connectivity index (χ3v) is 10.3. The van der Waals surface area contributed by atoms with Crippen molar-refractivity contribution in [1.82, 2.24) is 29.6 Å². The van der Waals surface area contributed by atoms with Gasteiger partial charge in [-0.05, 0) is 70.6 Å². The Balaban J connectivity index is 1.13. The van der Waals surface area contributed by atoms with Gasteiger partial charge in [-0.2, -0.15) is 0 Å². The normalized spacial score (nSPS) is 27.9. The second-order valence-electron chi connectivity index (χ2n) is 13.2. The Hall–Kier alpha value is -4.07. The molecular formula is C33H44N6O8. The van der Waals surface area contributed by atoms with Crippen molar-refractivity contribution in [2.24, 2.45) is 0 Å². The Morgan fingerprint density at radius 1 is 0.723 bits per heavy atom. The first-order chi connectivity index (χ1) is 22.7. The molecule has 1 N–H and O–H groups in total. The van der Waals surface area contributed by atoms with E-state index in [1.54, 1.807) is 30.7 Å². The van der Waals surface area contributed by atoms with Crippen molar-refractivity contribution >= 4 is 35.9 Å². The van der Waals surface area contributed by atoms with Crippen molar-refractivity contribution in [2.75, 3.05) is 32.7 Å². The van der Waals surface area contributed by atoms with E-state index in [4.69, 9.17) is 4.84 Å². The number of likely N-dealkylation sites (tertiary alicyclic amines) is 4. The highest BCUT2D eigenvalue weighted by molar-refractivity contribution is 5.96. The summed E-state index contributed by atoms with van der Waals surface area (Å²) in [5, 5.41) is 11.1. The summed E-state index contributed by atoms with van der Waals surface area (Å²) in [6.07, 6.45) is 7.49. The number of aromatic nitrogens is 1. The van der Waals surface area contributed by atoms with E-state index in [-0.39, 0.29) is 29.3 Å². The third-order valence-electron chi connectivity index (χ3n) is 10.3. The van der Waals surface area contributed by atoms with Crippen LogP contribution < -0.4 is 4.84 Å². The minimum atomic E-state index is -1.17. The molecule has 6 heterocycles. The van der Waals surface area contributed by atoms with Gasteiger partial charge >= 0.3 is 5.97 Å². The molecule has 0 aromatic carbocycles. The number of hydrogen-bond acceptors (Lipinski definition) is 9. The summed E-state index contributed by atoms with van der Waals surface area (Å²) < 4.78 is 0. The van der Waals surface area contributed by atoms with Gasteiger partial charge in [0.1, 0.15) is 30.5 Å². The van der Waals surface area contributed by atoms with Crippen LogP contribution in [0.1, 0.15) is 87.3 Å². The molecule has 47 heavy (non-hydrogen) atoms. The van der Waals surface area contributed by atoms with Gasteiger partial charge in [0, 0.05) is 50.6 Å². The van der Waals surface area contributed by atoms with Gasteiger partial charge in [-0.15, -0.1) is 5.06 Å². The van der Waals surface area contributed by atoms with E-state index in [1.807, 2.05) is 6.92 Å². The molecule has 0 radical (unpaired) electrons. The van der Waals surface area contributed by atoms with Crippen LogP contribution in [-0.2, 0) is 30.4 Å². The first kappa shape index (κ1) is 32.9. The average molecular weight is 653 g/mol. The molecular weight excluding hydrogens is 608 g/mol. The monoisotopic (exact) mass is 652 g/mol. The van der Waals surface area contributed by atoms with Gasteiger partial charge < -0.3 is 34.3 Å². The highest BCUT2D eigenvalue weighted by Crippen LogP contribution is 2.32. The minimum Gasteiger partial charge on any atom is -0.477 e. The topological polar surface area (TPSA) is 161 Å². The van der Waals surface area contributed by atoms with Crippen LogP contribution in [0.15, 0.2) is 12.1 Å². The molecule has 0 bridgehead atoms. The molecule has 1 aromatic rings. The van der Waals surface area contributed by atoms with Gasteiger partial charge in [0.05, 0.1) is 6.04 Å². The lowest BCUT2D eigenvalue weighted by molar-refractivity contribution is -0.156. The number of aryl methyl sites for hydroxylation is 1. The number of carbonyl (C=O) groups is 6. The molecule has 0 aliphatic carbocycles. The van der Waals surface area contributed by atoms with Crippen LogP contribution in [0, 0.1) is 0 Å². The molecule has 5 aliphatic heterocycles. The van der Waals surface area contributed by atoms with Crippen LogP contribution in [0.5, 0.6) is 5.75 Å². The molecule has 0 saturated carbocycles. The van der Waals surface area contributed by atoms with E-state index in [0.29, 0.717) is 108 Å². The van der Waals surface area contributed by atoms with Crippen LogP contribution in [0.4, 0.5) is 0 Å². The highest BCUT2D eigenvalue weighted by atomic mass is 16.7. The molecule has 254 valence electrons. The van der Waals surface area contributed by atoms with Crippen molar-refractivity contribution in [3.05, 3.63) is 23.5 Å². The SMILES string of the molecule is CCc1cc(ON2CCC[C@H]2C(=O)N2CCC[C@H]2C(=O)N2CCC[C@H]2C(=O)N2CCC[C@H]2C(=O)N2CCC[C@H]2C=O)cc(C(=O)O)n1. The number of carbonyl (C=O) groups excluding carboxylic acids is 5. The summed E-state index contributed by atoms with van der Waals surface area (Å²) in [5.74, 6) is -1.75. The van der Waals surface area contributed by atoms with Crippen molar-refractivity contribution < 1.29 is 38.7 Å². The second-order valence-corrected chi connectivity index (χ2v) is 13.2. The summed E-state index contributed by atoms with van der Waals surface area (Å²) in [7, 11) is 0. The summed E-state index contributed by atoms with van der Waals surface area (Å²) in [6.45, 7) is 4.11. The first-order valence-corrected chi connectivity index (χ1v) is 17.1. The van der Waals surface area contributed by atoms with Crippen molar-refractivity contribution in [3.63, 3.8) is 0 Å². The number of aldehydes is 1. The van der Waals surface area contributed by atoms with E-state index in [9.17, 15) is 33.9 Å². The maximum absolute atomic E-state index is 14.1. The number of nitrogens with zero attached hydrogens (tertiary/aromatic N) is 6. The largest absolute Gasteiger partial charge is 0.477 e. The van der Waals surface area contributed by atoms with Crippen molar-refractivity contribution in [3.8, 4) is 5.75 Å². The zero-order valence-electron chi connectivity index (χ0n) is 26.9. The van der Waals surface area contributed by atoms with Crippen LogP contribution in [0.25, 0.3) is 0 Å². The fourth-order valence-electron chi connectivity index (χ4n) is 7.97. The summed E-state index contributed by atoms with van der Waals surface area (Å²) in [6, 6.07) is -0.0808. The molecule has 5 fully saturated rings. The molecule has 0 spiro atoms. The molecule has 4 amide bonds. The Bertz CT molecular complexity index is 1420. The molecule has 5 atom stereocenters. The number of pyridine rings is 1. The summed E-state index contributed by atoms with van der Waals surface area (Å²) in [5.41, 5.74) is 0.430. The van der Waals surface area contributed by atoms with Crippen LogP contribution in [-0.4, -0.2) is 134 Å². The fraction of sp³-hybridized carbons (Fsp3) is 0.667. The highest BCUT2D eigenvalue weighted by Gasteiger charge is 2.48. The molecule has 14 heteroatoms. The standard InChI is InChI=1S/C33H44N6O8/c1-2-21-18-23(19-24(34-21)33(45)46)47-39-17-7-12-28(39)32(44)38-16-6-11-27(38)31(43)37-15-5-10-26(37)30(42)36-14-4-9-25(36)29(41)35-13-3-8-22(35)20-40/h18-20,22,25-28H,2-17H2,1H3,(H,45,46)/t22-,25-,26-,27-,28-/m0/s1. The van der Waals surface area contributed by atoms with Crippen LogP contribution in [0.3, 0.4) is 0 Å². The Kier molecular flexibility index (Phi) is 9.76. The Morgan fingerprint density at radius 2 is 1.19 bits per heavy atom. The predicted molar refractivity (Wildman–Crippen MR) is 166 cm³/mol. The predicted octanol–water partition coefficient (Wildman–Crippen LogP) is 1.26. The van der Waals surface area contributed by atoms with E-state index < -0.39 is 36.2 Å². The number of hydroxylamine groups is 2. The number of carboxylic acids is 1. The molecule has 14 nitrogen and oxygen atoms in total. The lowest BCUT2D eigenvalue weighted by Gasteiger charge is -2.36. The number of carboxylic acid groups (broad SMARTS) is 1. The maximum atomic E-state index is 14.1. The van der Waals surface area contributed by atoms with Crippen molar-refractivity contribution in [1.29, 1.82) is 0 Å². The zero-order valence-corrected chi connectivity index (χ0v) is 26.9. The Morgan fingerprint density at radius 3 is 1.72 bits per heavy atom. The average Bonchev–Trinajstić information content (AvgIpc) is 3.92.